The van der Waals surface area contributed by atoms with Gasteiger partial charge >= 0.3 is 0 Å². The van der Waals surface area contributed by atoms with E-state index in [4.69, 9.17) is 16.0 Å². The number of furan rings is 1. The first-order chi connectivity index (χ1) is 16.0. The molecule has 0 saturated heterocycles. The molecule has 33 heavy (non-hydrogen) atoms. The van der Waals surface area contributed by atoms with Crippen LogP contribution < -0.4 is 5.32 Å². The van der Waals surface area contributed by atoms with Crippen LogP contribution in [0.25, 0.3) is 32.1 Å². The summed E-state index contributed by atoms with van der Waals surface area (Å²) in [5.41, 5.74) is 2.58. The molecule has 0 unspecified atom stereocenters. The molecule has 5 rings (SSSR count). The summed E-state index contributed by atoms with van der Waals surface area (Å²) in [4.78, 5) is 27.9. The summed E-state index contributed by atoms with van der Waals surface area (Å²) in [6.45, 7) is 0. The average molecular weight is 476 g/mol. The van der Waals surface area contributed by atoms with E-state index < -0.39 is 10.8 Å². The van der Waals surface area contributed by atoms with Gasteiger partial charge < -0.3 is 9.73 Å². The number of nitro groups is 1. The first kappa shape index (κ1) is 20.9. The highest BCUT2D eigenvalue weighted by Crippen LogP contribution is 2.36. The number of non-ortho nitro benzene ring substituents is 1. The number of halogens is 1. The maximum Gasteiger partial charge on any atom is 0.291 e. The molecule has 1 amide bonds. The van der Waals surface area contributed by atoms with Gasteiger partial charge in [0.05, 0.1) is 20.2 Å². The van der Waals surface area contributed by atoms with Gasteiger partial charge in [-0.05, 0) is 42.5 Å². The van der Waals surface area contributed by atoms with Crippen LogP contribution in [0, 0.1) is 10.1 Å². The first-order valence-corrected chi connectivity index (χ1v) is 11.0. The Bertz CT molecular complexity index is 1490. The number of aromatic nitrogens is 1. The van der Waals surface area contributed by atoms with Gasteiger partial charge in [-0.3, -0.25) is 14.9 Å². The Hall–Kier alpha value is -4.01. The molecule has 0 radical (unpaired) electrons. The van der Waals surface area contributed by atoms with Gasteiger partial charge in [-0.2, -0.15) is 0 Å². The summed E-state index contributed by atoms with van der Waals surface area (Å²) in [7, 11) is 0. The van der Waals surface area contributed by atoms with Crippen LogP contribution in [0.4, 0.5) is 11.4 Å². The van der Waals surface area contributed by atoms with Crippen LogP contribution in [0.1, 0.15) is 10.6 Å². The Balaban J connectivity index is 1.39. The molecule has 1 N–H and O–H groups in total. The summed E-state index contributed by atoms with van der Waals surface area (Å²) in [5, 5.41) is 15.1. The van der Waals surface area contributed by atoms with Crippen molar-refractivity contribution in [3.05, 3.63) is 99.8 Å². The molecular weight excluding hydrogens is 462 g/mol. The molecule has 2 aromatic heterocycles. The molecule has 0 aliphatic rings. The largest absolute Gasteiger partial charge is 0.451 e. The topological polar surface area (TPSA) is 98.3 Å². The summed E-state index contributed by atoms with van der Waals surface area (Å²) in [6.07, 6.45) is 0. The van der Waals surface area contributed by atoms with Crippen LogP contribution in [0.2, 0.25) is 5.02 Å². The lowest BCUT2D eigenvalue weighted by molar-refractivity contribution is -0.384. The Labute approximate surface area is 196 Å². The van der Waals surface area contributed by atoms with E-state index in [1.807, 2.05) is 24.3 Å². The second kappa shape index (κ2) is 8.50. The Morgan fingerprint density at radius 1 is 1.03 bits per heavy atom. The quantitative estimate of drug-likeness (QED) is 0.217. The van der Waals surface area contributed by atoms with Gasteiger partial charge in [0, 0.05) is 28.9 Å². The van der Waals surface area contributed by atoms with Crippen molar-refractivity contribution in [3.8, 4) is 21.9 Å². The highest BCUT2D eigenvalue weighted by molar-refractivity contribution is 7.21. The number of rotatable bonds is 5. The Kier molecular flexibility index (Phi) is 5.37. The molecule has 2 heterocycles. The minimum Gasteiger partial charge on any atom is -0.451 e. The summed E-state index contributed by atoms with van der Waals surface area (Å²) in [6, 6.07) is 22.1. The van der Waals surface area contributed by atoms with E-state index >= 15 is 0 Å². The monoisotopic (exact) mass is 475 g/mol. The van der Waals surface area contributed by atoms with Crippen molar-refractivity contribution in [1.29, 1.82) is 0 Å². The van der Waals surface area contributed by atoms with Gasteiger partial charge in [0.2, 0.25) is 0 Å². The second-order valence-corrected chi connectivity index (χ2v) is 8.54. The second-order valence-electron chi connectivity index (χ2n) is 7.11. The standard InChI is InChI=1S/C24H14ClN3O4S/c25-18-9-8-15(13-17(18)24-27-19-6-1-2-7-22(19)33-24)26-23(29)21-11-10-20(32-21)14-4-3-5-16(12-14)28(30)31/h1-13H,(H,26,29). The zero-order chi connectivity index (χ0) is 22.9. The number of hydrogen-bond donors (Lipinski definition) is 1. The number of nitrogens with zero attached hydrogens (tertiary/aromatic N) is 2. The lowest BCUT2D eigenvalue weighted by Crippen LogP contribution is -2.10. The van der Waals surface area contributed by atoms with E-state index in [-0.39, 0.29) is 11.4 Å². The Morgan fingerprint density at radius 2 is 1.88 bits per heavy atom. The van der Waals surface area contributed by atoms with E-state index in [9.17, 15) is 14.9 Å². The predicted octanol–water partition coefficient (Wildman–Crippen LogP) is 7.04. The summed E-state index contributed by atoms with van der Waals surface area (Å²) >= 11 is 7.92. The van der Waals surface area contributed by atoms with Gasteiger partial charge in [-0.15, -0.1) is 11.3 Å². The van der Waals surface area contributed by atoms with E-state index in [0.29, 0.717) is 27.6 Å². The number of hydrogen-bond acceptors (Lipinski definition) is 6. The Morgan fingerprint density at radius 3 is 2.70 bits per heavy atom. The number of benzene rings is 3. The maximum absolute atomic E-state index is 12.7. The van der Waals surface area contributed by atoms with Crippen molar-refractivity contribution >= 4 is 50.4 Å². The molecule has 7 nitrogen and oxygen atoms in total. The highest BCUT2D eigenvalue weighted by atomic mass is 35.5. The number of carbonyl (C=O) groups excluding carboxylic acids is 1. The summed E-state index contributed by atoms with van der Waals surface area (Å²) < 4.78 is 6.69. The number of para-hydroxylation sites is 1. The lowest BCUT2D eigenvalue weighted by Gasteiger charge is -2.07. The van der Waals surface area contributed by atoms with Gasteiger partial charge in [0.15, 0.2) is 5.76 Å². The molecule has 3 aromatic carbocycles. The minimum absolute atomic E-state index is 0.0570. The lowest BCUT2D eigenvalue weighted by atomic mass is 10.1. The number of carbonyl (C=O) groups is 1. The number of nitrogens with one attached hydrogen (secondary N) is 1. The third-order valence-corrected chi connectivity index (χ3v) is 6.32. The van der Waals surface area contributed by atoms with E-state index in [1.165, 1.54) is 29.5 Å². The molecule has 0 saturated carbocycles. The van der Waals surface area contributed by atoms with E-state index in [1.54, 1.807) is 36.4 Å². The highest BCUT2D eigenvalue weighted by Gasteiger charge is 2.16. The number of fused-ring (bicyclic) bond motifs is 1. The molecule has 0 aliphatic carbocycles. The van der Waals surface area contributed by atoms with Crippen LogP contribution in [0.3, 0.4) is 0 Å². The fourth-order valence-corrected chi connectivity index (χ4v) is 4.59. The molecule has 162 valence electrons. The van der Waals surface area contributed by atoms with E-state index in [0.717, 1.165) is 15.2 Å². The van der Waals surface area contributed by atoms with Crippen LogP contribution in [-0.4, -0.2) is 15.8 Å². The predicted molar refractivity (Wildman–Crippen MR) is 129 cm³/mol. The molecule has 0 aliphatic heterocycles. The van der Waals surface area contributed by atoms with Crippen molar-refractivity contribution in [3.63, 3.8) is 0 Å². The van der Waals surface area contributed by atoms with Crippen LogP contribution in [0.5, 0.6) is 0 Å². The average Bonchev–Trinajstić information content (AvgIpc) is 3.48. The third kappa shape index (κ3) is 4.21. The van der Waals surface area contributed by atoms with Gasteiger partial charge in [-0.25, -0.2) is 4.98 Å². The molecular formula is C24H14ClN3O4S. The number of anilines is 1. The number of amides is 1. The number of nitro benzene ring substituents is 1. The third-order valence-electron chi connectivity index (χ3n) is 4.92. The molecule has 9 heteroatoms. The van der Waals surface area contributed by atoms with Crippen molar-refractivity contribution in [2.45, 2.75) is 0 Å². The minimum atomic E-state index is -0.483. The zero-order valence-corrected chi connectivity index (χ0v) is 18.4. The van der Waals surface area contributed by atoms with Gasteiger partial charge in [0.1, 0.15) is 10.8 Å². The van der Waals surface area contributed by atoms with Gasteiger partial charge in [0.25, 0.3) is 11.6 Å². The number of thiazole rings is 1. The van der Waals surface area contributed by atoms with Crippen molar-refractivity contribution in [2.75, 3.05) is 5.32 Å². The molecule has 0 bridgehead atoms. The van der Waals surface area contributed by atoms with Crippen molar-refractivity contribution < 1.29 is 14.1 Å². The van der Waals surface area contributed by atoms with Crippen LogP contribution in [-0.2, 0) is 0 Å². The molecule has 0 atom stereocenters. The van der Waals surface area contributed by atoms with Crippen molar-refractivity contribution in [1.82, 2.24) is 4.98 Å². The SMILES string of the molecule is O=C(Nc1ccc(Cl)c(-c2nc3ccccc3s2)c1)c1ccc(-c2cccc([N+](=O)[O-])c2)o1. The van der Waals surface area contributed by atoms with Gasteiger partial charge in [-0.1, -0.05) is 35.9 Å². The smallest absolute Gasteiger partial charge is 0.291 e. The molecule has 5 aromatic rings. The van der Waals surface area contributed by atoms with Crippen LogP contribution in [0.15, 0.2) is 83.3 Å². The fourth-order valence-electron chi connectivity index (χ4n) is 3.33. The zero-order valence-electron chi connectivity index (χ0n) is 16.8. The first-order valence-electron chi connectivity index (χ1n) is 9.79. The van der Waals surface area contributed by atoms with Crippen LogP contribution >= 0.6 is 22.9 Å². The maximum atomic E-state index is 12.7. The molecule has 0 fully saturated rings. The normalized spacial score (nSPS) is 10.9. The van der Waals surface area contributed by atoms with E-state index in [2.05, 4.69) is 10.3 Å². The summed E-state index contributed by atoms with van der Waals surface area (Å²) in [5.74, 6) is -0.0210. The fraction of sp³-hybridized carbons (Fsp3) is 0. The van der Waals surface area contributed by atoms with Crippen molar-refractivity contribution in [2.24, 2.45) is 0 Å². The molecule has 0 spiro atoms.